The molecular weight excluding hydrogens is 476 g/mol. The SMILES string of the molecule is CC1CCCN1C(=O)c1nc(C(=O)N(C)F)sc1-c1cnc(NCC(F)(F)F)cc1C(F)F. The van der Waals surface area contributed by atoms with E-state index in [2.05, 4.69) is 9.97 Å². The molecule has 3 heterocycles. The van der Waals surface area contributed by atoms with E-state index in [1.165, 1.54) is 4.90 Å². The van der Waals surface area contributed by atoms with Gasteiger partial charge in [-0.1, -0.05) is 4.48 Å². The van der Waals surface area contributed by atoms with Crippen molar-refractivity contribution in [2.24, 2.45) is 0 Å². The van der Waals surface area contributed by atoms with Crippen LogP contribution < -0.4 is 5.32 Å². The van der Waals surface area contributed by atoms with Gasteiger partial charge in [0.25, 0.3) is 12.3 Å². The summed E-state index contributed by atoms with van der Waals surface area (Å²) in [5, 5.41) is 1.22. The third-order valence-electron chi connectivity index (χ3n) is 4.99. The van der Waals surface area contributed by atoms with Gasteiger partial charge in [-0.2, -0.15) is 18.3 Å². The largest absolute Gasteiger partial charge is 0.405 e. The normalized spacial score (nSPS) is 16.4. The number of thiazole rings is 1. The van der Waals surface area contributed by atoms with Crippen LogP contribution >= 0.6 is 11.3 Å². The molecule has 2 aromatic rings. The first-order valence-corrected chi connectivity index (χ1v) is 10.6. The van der Waals surface area contributed by atoms with Crippen LogP contribution in [0, 0.1) is 0 Å². The molecule has 1 aliphatic rings. The van der Waals surface area contributed by atoms with Gasteiger partial charge in [-0.3, -0.25) is 9.59 Å². The lowest BCUT2D eigenvalue weighted by atomic mass is 10.1. The zero-order chi connectivity index (χ0) is 24.5. The fraction of sp³-hybridized carbons (Fsp3) is 0.474. The van der Waals surface area contributed by atoms with Crippen molar-refractivity contribution in [2.45, 2.75) is 38.4 Å². The number of carbonyl (C=O) groups is 2. The van der Waals surface area contributed by atoms with Crippen molar-refractivity contribution in [1.29, 1.82) is 0 Å². The van der Waals surface area contributed by atoms with Crippen LogP contribution in [0.5, 0.6) is 0 Å². The molecule has 1 saturated heterocycles. The molecule has 3 rings (SSSR count). The lowest BCUT2D eigenvalue weighted by molar-refractivity contribution is -0.115. The van der Waals surface area contributed by atoms with Crippen molar-refractivity contribution in [2.75, 3.05) is 25.5 Å². The van der Waals surface area contributed by atoms with E-state index >= 15 is 0 Å². The summed E-state index contributed by atoms with van der Waals surface area (Å²) >= 11 is 0.529. The standard InChI is InChI=1S/C19H19F6N5O2S/c1-9-4-3-5-30(9)17(31)13-14(33-16(28-13)18(32)29(2)25)11-7-26-12(6-10(11)15(20)21)27-8-19(22,23)24/h6-7,9,15H,3-5,8H2,1-2H3,(H,26,27). The number of carbonyl (C=O) groups excluding carboxylic acids is 2. The van der Waals surface area contributed by atoms with Crippen molar-refractivity contribution in [3.8, 4) is 10.4 Å². The fourth-order valence-electron chi connectivity index (χ4n) is 3.37. The van der Waals surface area contributed by atoms with Gasteiger partial charge in [-0.25, -0.2) is 18.7 Å². The highest BCUT2D eigenvalue weighted by Gasteiger charge is 2.33. The van der Waals surface area contributed by atoms with Crippen LogP contribution in [0.25, 0.3) is 10.4 Å². The predicted octanol–water partition coefficient (Wildman–Crippen LogP) is 4.70. The number of hydrogen-bond acceptors (Lipinski definition) is 6. The number of anilines is 1. The summed E-state index contributed by atoms with van der Waals surface area (Å²) in [4.78, 5) is 34.2. The van der Waals surface area contributed by atoms with Crippen molar-refractivity contribution >= 4 is 29.0 Å². The summed E-state index contributed by atoms with van der Waals surface area (Å²) in [6, 6.07) is 0.581. The molecule has 1 N–H and O–H groups in total. The maximum Gasteiger partial charge on any atom is 0.405 e. The molecule has 0 aromatic carbocycles. The molecule has 1 aliphatic heterocycles. The van der Waals surface area contributed by atoms with E-state index < -0.39 is 47.3 Å². The van der Waals surface area contributed by atoms with Crippen LogP contribution in [-0.2, 0) is 0 Å². The molecule has 7 nitrogen and oxygen atoms in total. The lowest BCUT2D eigenvalue weighted by Gasteiger charge is -2.21. The molecule has 2 amide bonds. The van der Waals surface area contributed by atoms with E-state index in [4.69, 9.17) is 0 Å². The van der Waals surface area contributed by atoms with Gasteiger partial charge in [0.2, 0.25) is 0 Å². The van der Waals surface area contributed by atoms with Crippen molar-refractivity contribution in [3.05, 3.63) is 28.5 Å². The molecule has 1 atom stereocenters. The van der Waals surface area contributed by atoms with E-state index in [1.807, 2.05) is 5.32 Å². The third kappa shape index (κ3) is 5.54. The summed E-state index contributed by atoms with van der Waals surface area (Å²) < 4.78 is 78.5. The zero-order valence-electron chi connectivity index (χ0n) is 17.4. The number of aromatic nitrogens is 2. The Hall–Kier alpha value is -2.90. The minimum absolute atomic E-state index is 0.144. The highest BCUT2D eigenvalue weighted by atomic mass is 32.1. The summed E-state index contributed by atoms with van der Waals surface area (Å²) in [6.07, 6.45) is -5.43. The van der Waals surface area contributed by atoms with Gasteiger partial charge in [0, 0.05) is 37.0 Å². The van der Waals surface area contributed by atoms with E-state index in [0.29, 0.717) is 24.3 Å². The van der Waals surface area contributed by atoms with Crippen LogP contribution in [0.1, 0.15) is 52.0 Å². The van der Waals surface area contributed by atoms with E-state index in [1.54, 1.807) is 6.92 Å². The second-order valence-electron chi connectivity index (χ2n) is 7.40. The van der Waals surface area contributed by atoms with Crippen LogP contribution in [0.3, 0.4) is 0 Å². The Bertz CT molecular complexity index is 1040. The zero-order valence-corrected chi connectivity index (χ0v) is 18.2. The molecule has 2 aromatic heterocycles. The summed E-state index contributed by atoms with van der Waals surface area (Å²) in [5.41, 5.74) is -1.32. The fourth-order valence-corrected chi connectivity index (χ4v) is 4.42. The Kier molecular flexibility index (Phi) is 7.14. The number of nitrogens with zero attached hydrogens (tertiary/aromatic N) is 4. The van der Waals surface area contributed by atoms with Crippen molar-refractivity contribution in [3.63, 3.8) is 0 Å². The van der Waals surface area contributed by atoms with Crippen LogP contribution in [0.15, 0.2) is 12.3 Å². The second-order valence-corrected chi connectivity index (χ2v) is 8.39. The third-order valence-corrected chi connectivity index (χ3v) is 6.07. The van der Waals surface area contributed by atoms with Gasteiger partial charge >= 0.3 is 12.1 Å². The number of likely N-dealkylation sites (tertiary alicyclic amines) is 1. The average Bonchev–Trinajstić information content (AvgIpc) is 3.37. The Labute approximate surface area is 188 Å². The van der Waals surface area contributed by atoms with Crippen LogP contribution in [-0.4, -0.2) is 64.2 Å². The number of nitrogens with one attached hydrogen (secondary N) is 1. The first-order valence-electron chi connectivity index (χ1n) is 9.73. The molecule has 1 unspecified atom stereocenters. The Balaban J connectivity index is 2.09. The molecule has 14 heteroatoms. The summed E-state index contributed by atoms with van der Waals surface area (Å²) in [7, 11) is 0.820. The average molecular weight is 495 g/mol. The minimum atomic E-state index is -4.59. The van der Waals surface area contributed by atoms with Gasteiger partial charge in [-0.15, -0.1) is 11.3 Å². The second kappa shape index (κ2) is 9.53. The highest BCUT2D eigenvalue weighted by Crippen LogP contribution is 2.39. The quantitative estimate of drug-likeness (QED) is 0.465. The molecule has 0 aliphatic carbocycles. The van der Waals surface area contributed by atoms with E-state index in [-0.39, 0.29) is 27.3 Å². The molecule has 180 valence electrons. The number of pyridine rings is 1. The Morgan fingerprint density at radius 2 is 2.06 bits per heavy atom. The van der Waals surface area contributed by atoms with Crippen molar-refractivity contribution in [1.82, 2.24) is 20.0 Å². The first-order chi connectivity index (χ1) is 15.4. The molecule has 1 fully saturated rings. The maximum absolute atomic E-state index is 13.8. The monoisotopic (exact) mass is 495 g/mol. The first kappa shape index (κ1) is 24.7. The minimum Gasteiger partial charge on any atom is -0.361 e. The van der Waals surface area contributed by atoms with Gasteiger partial charge in [-0.05, 0) is 25.8 Å². The number of hydrogen-bond donors (Lipinski definition) is 1. The Morgan fingerprint density at radius 3 is 2.61 bits per heavy atom. The molecule has 0 spiro atoms. The number of amides is 2. The van der Waals surface area contributed by atoms with Crippen LogP contribution in [0.2, 0.25) is 0 Å². The van der Waals surface area contributed by atoms with Gasteiger partial charge in [0.05, 0.1) is 4.88 Å². The van der Waals surface area contributed by atoms with Crippen LogP contribution in [0.4, 0.5) is 32.3 Å². The number of alkyl halides is 5. The maximum atomic E-state index is 13.8. The Morgan fingerprint density at radius 1 is 1.36 bits per heavy atom. The molecular formula is C19H19F6N5O2S. The van der Waals surface area contributed by atoms with Gasteiger partial charge < -0.3 is 10.2 Å². The smallest absolute Gasteiger partial charge is 0.361 e. The lowest BCUT2D eigenvalue weighted by Crippen LogP contribution is -2.34. The number of halogens is 6. The summed E-state index contributed by atoms with van der Waals surface area (Å²) in [6.45, 7) is 0.704. The van der Waals surface area contributed by atoms with E-state index in [9.17, 15) is 36.0 Å². The molecule has 33 heavy (non-hydrogen) atoms. The number of rotatable bonds is 6. The highest BCUT2D eigenvalue weighted by molar-refractivity contribution is 7.17. The van der Waals surface area contributed by atoms with E-state index in [0.717, 1.165) is 25.7 Å². The van der Waals surface area contributed by atoms with Gasteiger partial charge in [0.15, 0.2) is 5.01 Å². The molecule has 0 saturated carbocycles. The van der Waals surface area contributed by atoms with Crippen molar-refractivity contribution < 1.29 is 36.0 Å². The predicted molar refractivity (Wildman–Crippen MR) is 108 cm³/mol. The van der Waals surface area contributed by atoms with Gasteiger partial charge in [0.1, 0.15) is 18.1 Å². The molecule has 0 radical (unpaired) electrons. The topological polar surface area (TPSA) is 78.4 Å². The summed E-state index contributed by atoms with van der Waals surface area (Å²) in [5.74, 6) is -2.24. The molecule has 0 bridgehead atoms.